The summed E-state index contributed by atoms with van der Waals surface area (Å²) >= 11 is 0. The van der Waals surface area contributed by atoms with Gasteiger partial charge in [-0.2, -0.15) is 0 Å². The van der Waals surface area contributed by atoms with E-state index in [-0.39, 0.29) is 11.5 Å². The highest BCUT2D eigenvalue weighted by molar-refractivity contribution is 5.94. The van der Waals surface area contributed by atoms with Crippen LogP contribution in [0.3, 0.4) is 0 Å². The summed E-state index contributed by atoms with van der Waals surface area (Å²) in [5.74, 6) is 1.70. The van der Waals surface area contributed by atoms with Gasteiger partial charge in [-0.25, -0.2) is 4.98 Å². The predicted octanol–water partition coefficient (Wildman–Crippen LogP) is 2.73. The zero-order chi connectivity index (χ0) is 17.1. The van der Waals surface area contributed by atoms with Gasteiger partial charge in [0.25, 0.3) is 5.91 Å². The number of carbonyl (C=O) groups excluding carboxylic acids is 1. The Hall–Kier alpha value is -1.85. The number of amides is 1. The fourth-order valence-corrected chi connectivity index (χ4v) is 4.11. The van der Waals surface area contributed by atoms with Gasteiger partial charge in [-0.15, -0.1) is 0 Å². The molecule has 6 nitrogen and oxygen atoms in total. The molecule has 1 aromatic heterocycles. The number of fused-ring (bicyclic) bond motifs is 1. The molecule has 0 aromatic carbocycles. The maximum atomic E-state index is 12.7. The molecule has 6 heteroatoms. The number of hydrogen-bond acceptors (Lipinski definition) is 4. The summed E-state index contributed by atoms with van der Waals surface area (Å²) in [5.41, 5.74) is 1.60. The third-order valence-corrected chi connectivity index (χ3v) is 5.80. The molecule has 0 radical (unpaired) electrons. The van der Waals surface area contributed by atoms with Crippen LogP contribution in [0.25, 0.3) is 0 Å². The van der Waals surface area contributed by atoms with Gasteiger partial charge in [0.1, 0.15) is 11.3 Å². The van der Waals surface area contributed by atoms with E-state index in [2.05, 4.69) is 37.8 Å². The van der Waals surface area contributed by atoms with Gasteiger partial charge in [0, 0.05) is 37.7 Å². The molecule has 2 aliphatic heterocycles. The largest absolute Gasteiger partial charge is 0.389 e. The molecule has 1 saturated heterocycles. The number of oxime groups is 1. The number of imidazole rings is 1. The Bertz CT molecular complexity index is 681. The monoisotopic (exact) mass is 330 g/mol. The van der Waals surface area contributed by atoms with Crippen molar-refractivity contribution in [2.45, 2.75) is 52.2 Å². The predicted molar refractivity (Wildman–Crippen MR) is 90.8 cm³/mol. The smallest absolute Gasteiger partial charge is 0.274 e. The zero-order valence-corrected chi connectivity index (χ0v) is 14.9. The Labute approximate surface area is 142 Å². The topological polar surface area (TPSA) is 59.7 Å². The average Bonchev–Trinajstić information content (AvgIpc) is 3.02. The number of nitrogens with zero attached hydrogens (tertiary/aromatic N) is 4. The lowest BCUT2D eigenvalue weighted by Crippen LogP contribution is -2.33. The van der Waals surface area contributed by atoms with Crippen LogP contribution in [0.5, 0.6) is 0 Å². The first-order valence-electron chi connectivity index (χ1n) is 8.97. The standard InChI is InChI=1S/C18H26N4O2/c1-5-11(2)22-9-15(19-10-22)17(23)21-7-12-13(8-21)16(12)14-6-18(3,4)24-20-14/h9-13,16H,5-8H2,1-4H3/t11-,12-,13+,16?/m1/s1. The molecule has 1 saturated carbocycles. The lowest BCUT2D eigenvalue weighted by Gasteiger charge is -2.19. The number of likely N-dealkylation sites (tertiary alicyclic amines) is 1. The molecule has 1 aliphatic carbocycles. The van der Waals surface area contributed by atoms with Crippen molar-refractivity contribution in [1.29, 1.82) is 0 Å². The molecule has 0 N–H and O–H groups in total. The van der Waals surface area contributed by atoms with E-state index < -0.39 is 0 Å². The number of carbonyl (C=O) groups is 1. The van der Waals surface area contributed by atoms with Crippen LogP contribution in [0, 0.1) is 17.8 Å². The van der Waals surface area contributed by atoms with Crippen molar-refractivity contribution in [2.24, 2.45) is 22.9 Å². The van der Waals surface area contributed by atoms with E-state index in [4.69, 9.17) is 4.84 Å². The van der Waals surface area contributed by atoms with E-state index >= 15 is 0 Å². The van der Waals surface area contributed by atoms with Crippen molar-refractivity contribution in [1.82, 2.24) is 14.5 Å². The third kappa shape index (κ3) is 2.52. The van der Waals surface area contributed by atoms with Gasteiger partial charge in [0.15, 0.2) is 0 Å². The number of aromatic nitrogens is 2. The lowest BCUT2D eigenvalue weighted by atomic mass is 9.98. The van der Waals surface area contributed by atoms with Crippen molar-refractivity contribution in [3.05, 3.63) is 18.2 Å². The summed E-state index contributed by atoms with van der Waals surface area (Å²) in [6.07, 6.45) is 5.60. The maximum absolute atomic E-state index is 12.7. The quantitative estimate of drug-likeness (QED) is 0.853. The molecule has 2 fully saturated rings. The first-order chi connectivity index (χ1) is 11.4. The Balaban J connectivity index is 1.36. The summed E-state index contributed by atoms with van der Waals surface area (Å²) < 4.78 is 2.03. The van der Waals surface area contributed by atoms with Gasteiger partial charge in [-0.1, -0.05) is 12.1 Å². The van der Waals surface area contributed by atoms with Crippen molar-refractivity contribution in [3.63, 3.8) is 0 Å². The lowest BCUT2D eigenvalue weighted by molar-refractivity contribution is 0.0123. The summed E-state index contributed by atoms with van der Waals surface area (Å²) in [7, 11) is 0. The van der Waals surface area contributed by atoms with Crippen molar-refractivity contribution in [3.8, 4) is 0 Å². The highest BCUT2D eigenvalue weighted by Gasteiger charge is 2.60. The van der Waals surface area contributed by atoms with Gasteiger partial charge in [0.05, 0.1) is 12.0 Å². The van der Waals surface area contributed by atoms with E-state index in [9.17, 15) is 4.79 Å². The summed E-state index contributed by atoms with van der Waals surface area (Å²) in [6, 6.07) is 0.374. The molecular formula is C18H26N4O2. The molecule has 1 aromatic rings. The fourth-order valence-electron chi connectivity index (χ4n) is 4.11. The van der Waals surface area contributed by atoms with E-state index in [1.54, 1.807) is 6.33 Å². The van der Waals surface area contributed by atoms with Gasteiger partial charge >= 0.3 is 0 Å². The molecule has 4 rings (SSSR count). The molecule has 0 spiro atoms. The van der Waals surface area contributed by atoms with Crippen LogP contribution >= 0.6 is 0 Å². The van der Waals surface area contributed by atoms with E-state index in [0.29, 0.717) is 29.5 Å². The average molecular weight is 330 g/mol. The molecule has 0 bridgehead atoms. The molecule has 24 heavy (non-hydrogen) atoms. The minimum atomic E-state index is -0.162. The van der Waals surface area contributed by atoms with Crippen LogP contribution in [-0.4, -0.2) is 44.8 Å². The Morgan fingerprint density at radius 3 is 2.71 bits per heavy atom. The van der Waals surface area contributed by atoms with Crippen LogP contribution in [0.4, 0.5) is 0 Å². The summed E-state index contributed by atoms with van der Waals surface area (Å²) in [6.45, 7) is 10.1. The fraction of sp³-hybridized carbons (Fsp3) is 0.722. The maximum Gasteiger partial charge on any atom is 0.274 e. The minimum Gasteiger partial charge on any atom is -0.389 e. The molecule has 3 heterocycles. The number of rotatable bonds is 4. The highest BCUT2D eigenvalue weighted by Crippen LogP contribution is 2.54. The van der Waals surface area contributed by atoms with Gasteiger partial charge < -0.3 is 14.3 Å². The van der Waals surface area contributed by atoms with E-state index in [1.165, 1.54) is 5.71 Å². The van der Waals surface area contributed by atoms with Gasteiger partial charge in [-0.3, -0.25) is 4.79 Å². The van der Waals surface area contributed by atoms with Crippen LogP contribution in [-0.2, 0) is 4.84 Å². The van der Waals surface area contributed by atoms with Crippen LogP contribution < -0.4 is 0 Å². The molecule has 3 aliphatic rings. The van der Waals surface area contributed by atoms with E-state index in [1.807, 2.05) is 15.7 Å². The normalized spacial score (nSPS) is 31.4. The first kappa shape index (κ1) is 15.7. The Kier molecular flexibility index (Phi) is 3.48. The van der Waals surface area contributed by atoms with Crippen LogP contribution in [0.2, 0.25) is 0 Å². The molecular weight excluding hydrogens is 304 g/mol. The second-order valence-electron chi connectivity index (χ2n) is 8.14. The zero-order valence-electron chi connectivity index (χ0n) is 14.9. The highest BCUT2D eigenvalue weighted by atomic mass is 16.7. The Morgan fingerprint density at radius 2 is 2.12 bits per heavy atom. The SMILES string of the molecule is CC[C@@H](C)n1cnc(C(=O)N2C[C@@H]3C(C4=NOC(C)(C)C4)[C@@H]3C2)c1. The van der Waals surface area contributed by atoms with E-state index in [0.717, 1.165) is 25.9 Å². The summed E-state index contributed by atoms with van der Waals surface area (Å²) in [5, 5.41) is 4.29. The molecule has 4 atom stereocenters. The van der Waals surface area contributed by atoms with Crippen molar-refractivity contribution < 1.29 is 9.63 Å². The number of piperidine rings is 1. The number of hydrogen-bond donors (Lipinski definition) is 0. The van der Waals surface area contributed by atoms with Crippen molar-refractivity contribution >= 4 is 11.6 Å². The molecule has 130 valence electrons. The Morgan fingerprint density at radius 1 is 1.42 bits per heavy atom. The molecule has 1 amide bonds. The summed E-state index contributed by atoms with van der Waals surface area (Å²) in [4.78, 5) is 24.4. The van der Waals surface area contributed by atoms with Crippen LogP contribution in [0.1, 0.15) is 57.1 Å². The van der Waals surface area contributed by atoms with Crippen LogP contribution in [0.15, 0.2) is 17.7 Å². The minimum absolute atomic E-state index is 0.0629. The third-order valence-electron chi connectivity index (χ3n) is 5.80. The first-order valence-corrected chi connectivity index (χ1v) is 8.97. The van der Waals surface area contributed by atoms with Gasteiger partial charge in [0.2, 0.25) is 0 Å². The van der Waals surface area contributed by atoms with Gasteiger partial charge in [-0.05, 0) is 39.0 Å². The molecule has 1 unspecified atom stereocenters. The van der Waals surface area contributed by atoms with Crippen molar-refractivity contribution in [2.75, 3.05) is 13.1 Å². The second kappa shape index (κ2) is 5.33. The second-order valence-corrected chi connectivity index (χ2v) is 8.14.